The lowest BCUT2D eigenvalue weighted by Crippen LogP contribution is -2.40. The molecule has 0 spiro atoms. The normalized spacial score (nSPS) is 17.3. The predicted molar refractivity (Wildman–Crippen MR) is 153 cm³/mol. The van der Waals surface area contributed by atoms with Crippen molar-refractivity contribution < 1.29 is 19.2 Å². The van der Waals surface area contributed by atoms with Crippen LogP contribution in [0.5, 0.6) is 5.75 Å². The molecule has 0 amide bonds. The van der Waals surface area contributed by atoms with Gasteiger partial charge in [-0.1, -0.05) is 23.5 Å². The van der Waals surface area contributed by atoms with Crippen LogP contribution in [0.15, 0.2) is 63.5 Å². The van der Waals surface area contributed by atoms with Crippen molar-refractivity contribution in [2.75, 3.05) is 31.7 Å². The first-order chi connectivity index (χ1) is 19.3. The van der Waals surface area contributed by atoms with Crippen LogP contribution in [0.4, 0.5) is 11.4 Å². The number of benzene rings is 2. The number of non-ortho nitro benzene ring substituents is 1. The molecule has 11 heteroatoms. The van der Waals surface area contributed by atoms with Crippen molar-refractivity contribution in [1.82, 2.24) is 4.57 Å². The van der Waals surface area contributed by atoms with Gasteiger partial charge in [0.1, 0.15) is 5.75 Å². The van der Waals surface area contributed by atoms with E-state index in [1.54, 1.807) is 45.2 Å². The van der Waals surface area contributed by atoms with Crippen LogP contribution >= 0.6 is 11.3 Å². The number of carbonyl (C=O) groups excluding carboxylic acids is 1. The zero-order valence-corrected chi connectivity index (χ0v) is 23.4. The lowest BCUT2D eigenvalue weighted by atomic mass is 9.96. The van der Waals surface area contributed by atoms with Crippen LogP contribution in [0.2, 0.25) is 0 Å². The molecule has 0 unspecified atom stereocenters. The van der Waals surface area contributed by atoms with Crippen LogP contribution < -0.4 is 24.5 Å². The minimum atomic E-state index is -0.755. The quantitative estimate of drug-likeness (QED) is 0.245. The van der Waals surface area contributed by atoms with Crippen molar-refractivity contribution in [3.8, 4) is 5.75 Å². The highest BCUT2D eigenvalue weighted by Crippen LogP contribution is 2.32. The van der Waals surface area contributed by atoms with Gasteiger partial charge < -0.3 is 14.4 Å². The summed E-state index contributed by atoms with van der Waals surface area (Å²) in [5, 5.41) is 11.6. The van der Waals surface area contributed by atoms with E-state index in [1.165, 1.54) is 28.0 Å². The van der Waals surface area contributed by atoms with Crippen LogP contribution in [-0.2, 0) is 9.53 Å². The third-order valence-corrected chi connectivity index (χ3v) is 8.14. The number of hydrogen-bond acceptors (Lipinski definition) is 9. The monoisotopic (exact) mass is 562 g/mol. The van der Waals surface area contributed by atoms with E-state index in [0.29, 0.717) is 31.9 Å². The SMILES string of the molecule is CCOC(=O)C1=C(C)N=c2s/c(=C/c3cc([N+](=O)[O-])ccc3N3CCCCC3)c(=O)n2[C@@H]1c1ccc(OC)cc1. The van der Waals surface area contributed by atoms with E-state index in [0.717, 1.165) is 38.0 Å². The number of nitro benzene ring substituents is 1. The number of nitrogens with zero attached hydrogens (tertiary/aromatic N) is 4. The first-order valence-corrected chi connectivity index (χ1v) is 14.0. The van der Waals surface area contributed by atoms with Crippen molar-refractivity contribution >= 4 is 34.8 Å². The van der Waals surface area contributed by atoms with Gasteiger partial charge in [-0.3, -0.25) is 19.5 Å². The van der Waals surface area contributed by atoms with E-state index < -0.39 is 16.9 Å². The van der Waals surface area contributed by atoms with E-state index in [-0.39, 0.29) is 23.4 Å². The average Bonchev–Trinajstić information content (AvgIpc) is 3.26. The van der Waals surface area contributed by atoms with Gasteiger partial charge >= 0.3 is 5.97 Å². The molecule has 1 fully saturated rings. The minimum absolute atomic E-state index is 0.0451. The summed E-state index contributed by atoms with van der Waals surface area (Å²) in [6, 6.07) is 11.2. The Labute approximate surface area is 234 Å². The molecule has 1 aromatic heterocycles. The molecule has 208 valence electrons. The second kappa shape index (κ2) is 11.5. The number of nitro groups is 1. The van der Waals surface area contributed by atoms with Gasteiger partial charge in [-0.15, -0.1) is 0 Å². The van der Waals surface area contributed by atoms with Gasteiger partial charge in [0, 0.05) is 36.5 Å². The summed E-state index contributed by atoms with van der Waals surface area (Å²) in [7, 11) is 1.57. The number of fused-ring (bicyclic) bond motifs is 1. The third-order valence-electron chi connectivity index (χ3n) is 7.15. The molecule has 1 atom stereocenters. The number of piperidine rings is 1. The number of thiazole rings is 1. The summed E-state index contributed by atoms with van der Waals surface area (Å²) in [6.45, 7) is 5.33. The molecule has 0 radical (unpaired) electrons. The first-order valence-electron chi connectivity index (χ1n) is 13.2. The Bertz CT molecular complexity index is 1670. The van der Waals surface area contributed by atoms with Crippen molar-refractivity contribution in [2.45, 2.75) is 39.2 Å². The Kier molecular flexibility index (Phi) is 7.83. The standard InChI is InChI=1S/C29H30N4O6S/c1-4-39-28(35)25-18(2)30-29-32(26(25)19-8-11-22(38-3)12-9-19)27(34)24(40-29)17-20-16-21(33(36)37)10-13-23(20)31-14-6-5-7-15-31/h8-13,16-17,26H,4-7,14-15H2,1-3H3/b24-17+/t26-/m1/s1. The highest BCUT2D eigenvalue weighted by molar-refractivity contribution is 7.07. The van der Waals surface area contributed by atoms with E-state index in [4.69, 9.17) is 9.47 Å². The van der Waals surface area contributed by atoms with Crippen LogP contribution in [0, 0.1) is 10.1 Å². The summed E-state index contributed by atoms with van der Waals surface area (Å²) in [4.78, 5) is 45.5. The molecule has 0 saturated carbocycles. The molecule has 10 nitrogen and oxygen atoms in total. The fourth-order valence-corrected chi connectivity index (χ4v) is 6.27. The van der Waals surface area contributed by atoms with Gasteiger partial charge in [0.25, 0.3) is 11.2 Å². The smallest absolute Gasteiger partial charge is 0.338 e. The molecular formula is C29H30N4O6S. The maximum absolute atomic E-state index is 14.0. The topological polar surface area (TPSA) is 116 Å². The van der Waals surface area contributed by atoms with Crippen LogP contribution in [0.1, 0.15) is 50.3 Å². The largest absolute Gasteiger partial charge is 0.497 e. The zero-order chi connectivity index (χ0) is 28.4. The molecule has 1 saturated heterocycles. The number of methoxy groups -OCH3 is 1. The summed E-state index contributed by atoms with van der Waals surface area (Å²) < 4.78 is 12.5. The second-order valence-electron chi connectivity index (χ2n) is 9.62. The van der Waals surface area contributed by atoms with Gasteiger partial charge in [0.15, 0.2) is 4.80 Å². The number of aromatic nitrogens is 1. The zero-order valence-electron chi connectivity index (χ0n) is 22.6. The van der Waals surface area contributed by atoms with E-state index >= 15 is 0 Å². The fourth-order valence-electron chi connectivity index (χ4n) is 5.23. The molecule has 0 bridgehead atoms. The molecule has 2 aromatic carbocycles. The number of ether oxygens (including phenoxy) is 2. The van der Waals surface area contributed by atoms with Crippen LogP contribution in [0.25, 0.3) is 6.08 Å². The Hall–Kier alpha value is -4.25. The summed E-state index contributed by atoms with van der Waals surface area (Å²) in [5.74, 6) is 0.107. The number of carbonyl (C=O) groups is 1. The lowest BCUT2D eigenvalue weighted by Gasteiger charge is -2.30. The molecular weight excluding hydrogens is 532 g/mol. The van der Waals surface area contributed by atoms with Crippen molar-refractivity contribution in [3.63, 3.8) is 0 Å². The molecule has 40 heavy (non-hydrogen) atoms. The van der Waals surface area contributed by atoms with Crippen molar-refractivity contribution in [2.24, 2.45) is 4.99 Å². The third kappa shape index (κ3) is 5.16. The number of anilines is 1. The lowest BCUT2D eigenvalue weighted by molar-refractivity contribution is -0.384. The van der Waals surface area contributed by atoms with Crippen LogP contribution in [0.3, 0.4) is 0 Å². The Morgan fingerprint density at radius 3 is 2.55 bits per heavy atom. The van der Waals surface area contributed by atoms with E-state index in [2.05, 4.69) is 9.89 Å². The molecule has 2 aliphatic heterocycles. The molecule has 3 aromatic rings. The van der Waals surface area contributed by atoms with Gasteiger partial charge in [-0.2, -0.15) is 0 Å². The Balaban J connectivity index is 1.70. The molecule has 0 N–H and O–H groups in total. The fraction of sp³-hybridized carbons (Fsp3) is 0.345. The van der Waals surface area contributed by atoms with E-state index in [9.17, 15) is 19.7 Å². The number of hydrogen-bond donors (Lipinski definition) is 0. The molecule has 0 aliphatic carbocycles. The second-order valence-corrected chi connectivity index (χ2v) is 10.6. The summed E-state index contributed by atoms with van der Waals surface area (Å²) >= 11 is 1.19. The first kappa shape index (κ1) is 27.3. The number of rotatable bonds is 7. The summed E-state index contributed by atoms with van der Waals surface area (Å²) in [5.41, 5.74) is 2.53. The average molecular weight is 563 g/mol. The molecule has 3 heterocycles. The number of esters is 1. The predicted octanol–water partition coefficient (Wildman–Crippen LogP) is 3.71. The van der Waals surface area contributed by atoms with Crippen LogP contribution in [-0.4, -0.2) is 42.3 Å². The van der Waals surface area contributed by atoms with Gasteiger partial charge in [-0.05, 0) is 62.9 Å². The highest BCUT2D eigenvalue weighted by atomic mass is 32.1. The number of allylic oxidation sites excluding steroid dienone is 1. The molecule has 2 aliphatic rings. The summed E-state index contributed by atoms with van der Waals surface area (Å²) in [6.07, 6.45) is 4.92. The Morgan fingerprint density at radius 1 is 1.18 bits per heavy atom. The van der Waals surface area contributed by atoms with Gasteiger partial charge in [0.2, 0.25) is 0 Å². The van der Waals surface area contributed by atoms with Gasteiger partial charge in [0.05, 0.1) is 40.5 Å². The maximum Gasteiger partial charge on any atom is 0.338 e. The van der Waals surface area contributed by atoms with E-state index in [1.807, 2.05) is 12.1 Å². The highest BCUT2D eigenvalue weighted by Gasteiger charge is 2.33. The minimum Gasteiger partial charge on any atom is -0.497 e. The maximum atomic E-state index is 14.0. The molecule has 5 rings (SSSR count). The van der Waals surface area contributed by atoms with Crippen molar-refractivity contribution in [3.05, 3.63) is 94.7 Å². The van der Waals surface area contributed by atoms with Gasteiger partial charge in [-0.25, -0.2) is 9.79 Å². The van der Waals surface area contributed by atoms with Crippen molar-refractivity contribution in [1.29, 1.82) is 0 Å². The Morgan fingerprint density at radius 2 is 1.90 bits per heavy atom.